The quantitative estimate of drug-likeness (QED) is 0.419. The number of hydrogen-bond donors (Lipinski definition) is 1. The molecule has 1 amide bonds. The normalized spacial score (nSPS) is 11.8. The van der Waals surface area contributed by atoms with Crippen LogP contribution in [0.2, 0.25) is 10.0 Å². The number of benzene rings is 2. The molecule has 2 aromatic carbocycles. The van der Waals surface area contributed by atoms with Crippen molar-refractivity contribution in [1.82, 2.24) is 19.3 Å². The highest BCUT2D eigenvalue weighted by atomic mass is 35.5. The van der Waals surface area contributed by atoms with E-state index in [1.165, 1.54) is 35.4 Å². The molecule has 0 fully saturated rings. The molecule has 11 heteroatoms. The van der Waals surface area contributed by atoms with E-state index in [0.717, 1.165) is 4.57 Å². The summed E-state index contributed by atoms with van der Waals surface area (Å²) >= 11 is 12.0. The Labute approximate surface area is 197 Å². The van der Waals surface area contributed by atoms with E-state index in [-0.39, 0.29) is 5.39 Å². The Bertz CT molecular complexity index is 1380. The predicted molar refractivity (Wildman–Crippen MR) is 123 cm³/mol. The molecule has 9 nitrogen and oxygen atoms in total. The number of amides is 1. The largest absolute Gasteiger partial charge is 0.446 e. The molecule has 33 heavy (non-hydrogen) atoms. The van der Waals surface area contributed by atoms with E-state index in [0.29, 0.717) is 26.9 Å². The Kier molecular flexibility index (Phi) is 6.43. The Hall–Kier alpha value is -3.69. The molecule has 0 aliphatic heterocycles. The lowest BCUT2D eigenvalue weighted by atomic mass is 10.1. The number of halogens is 2. The van der Waals surface area contributed by atoms with Gasteiger partial charge in [-0.2, -0.15) is 5.10 Å². The molecule has 0 aliphatic rings. The van der Waals surface area contributed by atoms with Gasteiger partial charge in [-0.05, 0) is 18.2 Å². The highest BCUT2D eigenvalue weighted by Crippen LogP contribution is 2.25. The van der Waals surface area contributed by atoms with Crippen molar-refractivity contribution in [2.45, 2.75) is 12.6 Å². The van der Waals surface area contributed by atoms with Gasteiger partial charge in [0.15, 0.2) is 5.65 Å². The van der Waals surface area contributed by atoms with Gasteiger partial charge in [0.2, 0.25) is 6.10 Å². The van der Waals surface area contributed by atoms with E-state index in [1.807, 2.05) is 0 Å². The molecule has 0 aliphatic carbocycles. The van der Waals surface area contributed by atoms with Crippen LogP contribution in [-0.4, -0.2) is 31.2 Å². The molecule has 0 saturated heterocycles. The molecule has 4 aromatic rings. The van der Waals surface area contributed by atoms with Gasteiger partial charge in [0.1, 0.15) is 18.3 Å². The summed E-state index contributed by atoms with van der Waals surface area (Å²) in [5, 5.41) is 7.59. The van der Waals surface area contributed by atoms with E-state index in [4.69, 9.17) is 27.9 Å². The highest BCUT2D eigenvalue weighted by Gasteiger charge is 2.26. The van der Waals surface area contributed by atoms with Gasteiger partial charge in [0, 0.05) is 28.3 Å². The van der Waals surface area contributed by atoms with E-state index < -0.39 is 30.1 Å². The van der Waals surface area contributed by atoms with Crippen LogP contribution < -0.4 is 10.9 Å². The lowest BCUT2D eigenvalue weighted by Crippen LogP contribution is -2.30. The van der Waals surface area contributed by atoms with Crippen molar-refractivity contribution in [3.63, 3.8) is 0 Å². The minimum absolute atomic E-state index is 0.267. The lowest BCUT2D eigenvalue weighted by molar-refractivity contribution is -0.155. The van der Waals surface area contributed by atoms with Crippen LogP contribution in [0, 0.1) is 0 Å². The van der Waals surface area contributed by atoms with Gasteiger partial charge in [-0.15, -0.1) is 0 Å². The second-order valence-electron chi connectivity index (χ2n) is 7.11. The summed E-state index contributed by atoms with van der Waals surface area (Å²) in [6.07, 6.45) is 1.34. The summed E-state index contributed by atoms with van der Waals surface area (Å²) < 4.78 is 8.04. The van der Waals surface area contributed by atoms with Crippen molar-refractivity contribution in [1.29, 1.82) is 0 Å². The van der Waals surface area contributed by atoms with Crippen molar-refractivity contribution in [2.75, 3.05) is 5.32 Å². The average Bonchev–Trinajstić information content (AvgIpc) is 3.15. The van der Waals surface area contributed by atoms with Gasteiger partial charge < -0.3 is 10.1 Å². The number of fused-ring (bicyclic) bond motifs is 1. The standard InChI is InChI=1S/C22H17Cl2N5O4/c1-28-20-17(10-26-28)22(32)29(12-25-20)11-18(30)33-19(13-5-3-2-4-6-13)21(31)27-16-8-14(23)7-15(24)9-16/h2-10,12,19H,11H2,1H3,(H,27,31). The van der Waals surface area contributed by atoms with Crippen LogP contribution in [0.25, 0.3) is 11.0 Å². The lowest BCUT2D eigenvalue weighted by Gasteiger charge is -2.18. The van der Waals surface area contributed by atoms with Crippen molar-refractivity contribution in [2.24, 2.45) is 7.05 Å². The number of esters is 1. The molecule has 4 rings (SSSR count). The van der Waals surface area contributed by atoms with Crippen LogP contribution in [0.5, 0.6) is 0 Å². The molecule has 1 N–H and O–H groups in total. The maximum Gasteiger partial charge on any atom is 0.327 e. The summed E-state index contributed by atoms with van der Waals surface area (Å²) in [5.41, 5.74) is 0.743. The number of aryl methyl sites for hydroxylation is 1. The number of aromatic nitrogens is 4. The third-order valence-electron chi connectivity index (χ3n) is 4.74. The summed E-state index contributed by atoms with van der Waals surface area (Å²) in [7, 11) is 1.66. The van der Waals surface area contributed by atoms with Crippen molar-refractivity contribution in [3.8, 4) is 0 Å². The fourth-order valence-electron chi connectivity index (χ4n) is 3.22. The van der Waals surface area contributed by atoms with Gasteiger partial charge in [-0.25, -0.2) is 4.98 Å². The first kappa shape index (κ1) is 22.5. The molecule has 0 saturated carbocycles. The highest BCUT2D eigenvalue weighted by molar-refractivity contribution is 6.35. The third kappa shape index (κ3) is 5.05. The van der Waals surface area contributed by atoms with Gasteiger partial charge in [-0.3, -0.25) is 23.6 Å². The fourth-order valence-corrected chi connectivity index (χ4v) is 3.75. The van der Waals surface area contributed by atoms with E-state index in [2.05, 4.69) is 15.4 Å². The summed E-state index contributed by atoms with van der Waals surface area (Å²) in [6, 6.07) is 13.1. The fraction of sp³-hybridized carbons (Fsp3) is 0.136. The van der Waals surface area contributed by atoms with Crippen molar-refractivity contribution >= 4 is 51.8 Å². The van der Waals surface area contributed by atoms with Gasteiger partial charge in [0.05, 0.1) is 6.20 Å². The molecule has 1 atom stereocenters. The van der Waals surface area contributed by atoms with E-state index in [1.54, 1.807) is 37.4 Å². The maximum atomic E-state index is 13.0. The van der Waals surface area contributed by atoms with E-state index in [9.17, 15) is 14.4 Å². The minimum atomic E-state index is -1.28. The average molecular weight is 486 g/mol. The van der Waals surface area contributed by atoms with Crippen LogP contribution >= 0.6 is 23.2 Å². The van der Waals surface area contributed by atoms with Crippen LogP contribution in [0.3, 0.4) is 0 Å². The first-order valence-corrected chi connectivity index (χ1v) is 10.5. The van der Waals surface area contributed by atoms with Crippen molar-refractivity contribution in [3.05, 3.63) is 87.0 Å². The Morgan fingerprint density at radius 2 is 1.82 bits per heavy atom. The maximum absolute atomic E-state index is 13.0. The van der Waals surface area contributed by atoms with Crippen LogP contribution in [0.15, 0.2) is 65.8 Å². The molecule has 168 valence electrons. The number of ether oxygens (including phenoxy) is 1. The number of nitrogens with zero attached hydrogens (tertiary/aromatic N) is 4. The third-order valence-corrected chi connectivity index (χ3v) is 5.17. The SMILES string of the molecule is Cn1ncc2c(=O)n(CC(=O)OC(C(=O)Nc3cc(Cl)cc(Cl)c3)c3ccccc3)cnc21. The molecule has 2 heterocycles. The van der Waals surface area contributed by atoms with Gasteiger partial charge >= 0.3 is 5.97 Å². The number of carbonyl (C=O) groups excluding carboxylic acids is 2. The number of nitrogens with one attached hydrogen (secondary N) is 1. The first-order valence-electron chi connectivity index (χ1n) is 9.70. The zero-order valence-electron chi connectivity index (χ0n) is 17.2. The van der Waals surface area contributed by atoms with Gasteiger partial charge in [0.25, 0.3) is 11.5 Å². The van der Waals surface area contributed by atoms with Crippen LogP contribution in [-0.2, 0) is 27.9 Å². The first-order chi connectivity index (χ1) is 15.8. The molecule has 0 radical (unpaired) electrons. The molecule has 0 bridgehead atoms. The van der Waals surface area contributed by atoms with Crippen LogP contribution in [0.4, 0.5) is 5.69 Å². The molecule has 0 spiro atoms. The van der Waals surface area contributed by atoms with Crippen molar-refractivity contribution < 1.29 is 14.3 Å². The Morgan fingerprint density at radius 3 is 2.52 bits per heavy atom. The molecule has 2 aromatic heterocycles. The number of anilines is 1. The Morgan fingerprint density at radius 1 is 1.12 bits per heavy atom. The second kappa shape index (κ2) is 9.43. The molecular formula is C22H17Cl2N5O4. The van der Waals surface area contributed by atoms with E-state index >= 15 is 0 Å². The zero-order chi connectivity index (χ0) is 23.5. The minimum Gasteiger partial charge on any atom is -0.446 e. The zero-order valence-corrected chi connectivity index (χ0v) is 18.7. The molecular weight excluding hydrogens is 469 g/mol. The number of rotatable bonds is 6. The Balaban J connectivity index is 1.56. The smallest absolute Gasteiger partial charge is 0.327 e. The summed E-state index contributed by atoms with van der Waals surface area (Å²) in [5.74, 6) is -1.41. The monoisotopic (exact) mass is 485 g/mol. The van der Waals surface area contributed by atoms with Gasteiger partial charge in [-0.1, -0.05) is 53.5 Å². The summed E-state index contributed by atoms with van der Waals surface area (Å²) in [6.45, 7) is -0.434. The van der Waals surface area contributed by atoms with Crippen LogP contribution in [0.1, 0.15) is 11.7 Å². The topological polar surface area (TPSA) is 108 Å². The predicted octanol–water partition coefficient (Wildman–Crippen LogP) is 3.36. The second-order valence-corrected chi connectivity index (χ2v) is 7.98. The molecule has 1 unspecified atom stereocenters. The number of carbonyl (C=O) groups is 2. The number of hydrogen-bond acceptors (Lipinski definition) is 6. The summed E-state index contributed by atoms with van der Waals surface area (Å²) in [4.78, 5) is 42.5.